The molecule has 8 heavy (non-hydrogen) atoms. The van der Waals surface area contributed by atoms with Crippen LogP contribution in [0.4, 0.5) is 0 Å². The van der Waals surface area contributed by atoms with Crippen molar-refractivity contribution in [2.24, 2.45) is 5.92 Å². The summed E-state index contributed by atoms with van der Waals surface area (Å²) >= 11 is 0. The third-order valence-electron chi connectivity index (χ3n) is 1.16. The van der Waals surface area contributed by atoms with Crippen molar-refractivity contribution in [3.05, 3.63) is 18.6 Å². The van der Waals surface area contributed by atoms with Crippen LogP contribution in [0, 0.1) is 12.8 Å². The van der Waals surface area contributed by atoms with Gasteiger partial charge in [-0.3, -0.25) is 0 Å². The summed E-state index contributed by atoms with van der Waals surface area (Å²) in [6.45, 7) is 10.2. The van der Waals surface area contributed by atoms with Crippen LogP contribution < -0.4 is 0 Å². The molecule has 0 rings (SSSR count). The second kappa shape index (κ2) is 3.71. The van der Waals surface area contributed by atoms with Gasteiger partial charge in [-0.25, -0.2) is 0 Å². The minimum atomic E-state index is 0.561. The topological polar surface area (TPSA) is 0 Å². The van der Waals surface area contributed by atoms with Crippen molar-refractivity contribution in [3.63, 3.8) is 0 Å². The average Bonchev–Trinajstić information content (AvgIpc) is 1.65. The lowest BCUT2D eigenvalue weighted by Gasteiger charge is -2.01. The van der Waals surface area contributed by atoms with Gasteiger partial charge in [0, 0.05) is 0 Å². The van der Waals surface area contributed by atoms with Crippen LogP contribution in [0.3, 0.4) is 0 Å². The maximum absolute atomic E-state index is 3.89. The molecule has 0 aromatic rings. The molecule has 0 aliphatic rings. The molecule has 0 aromatic heterocycles. The van der Waals surface area contributed by atoms with E-state index < -0.39 is 0 Å². The van der Waals surface area contributed by atoms with E-state index >= 15 is 0 Å². The smallest absolute Gasteiger partial charge is 0.0297 e. The molecule has 0 fully saturated rings. The van der Waals surface area contributed by atoms with Gasteiger partial charge in [0.1, 0.15) is 0 Å². The van der Waals surface area contributed by atoms with Crippen LogP contribution in [-0.4, -0.2) is 0 Å². The fraction of sp³-hybridized carbons (Fsp3) is 0.625. The van der Waals surface area contributed by atoms with E-state index in [1.807, 2.05) is 0 Å². The summed E-state index contributed by atoms with van der Waals surface area (Å²) in [4.78, 5) is 0. The predicted molar refractivity (Wildman–Crippen MR) is 38.6 cm³/mol. The van der Waals surface area contributed by atoms with E-state index in [9.17, 15) is 0 Å². The van der Waals surface area contributed by atoms with E-state index in [1.54, 1.807) is 0 Å². The summed E-state index contributed by atoms with van der Waals surface area (Å²) in [6.07, 6.45) is 3.28. The summed E-state index contributed by atoms with van der Waals surface area (Å²) < 4.78 is 0. The Morgan fingerprint density at radius 2 is 2.25 bits per heavy atom. The Morgan fingerprint density at radius 1 is 1.75 bits per heavy atom. The lowest BCUT2D eigenvalue weighted by molar-refractivity contribution is 0.711. The lowest BCUT2D eigenvalue weighted by Crippen LogP contribution is -1.86. The van der Waals surface area contributed by atoms with Gasteiger partial charge in [-0.05, 0) is 26.2 Å². The molecule has 0 heteroatoms. The van der Waals surface area contributed by atoms with Crippen LogP contribution >= 0.6 is 0 Å². The third kappa shape index (κ3) is 3.91. The van der Waals surface area contributed by atoms with Gasteiger partial charge in [0.05, 0.1) is 0 Å². The summed E-state index contributed by atoms with van der Waals surface area (Å²) in [5, 5.41) is 0. The summed E-state index contributed by atoms with van der Waals surface area (Å²) in [5.41, 5.74) is 1.44. The molecule has 0 spiro atoms. The molecule has 0 aliphatic heterocycles. The van der Waals surface area contributed by atoms with Crippen molar-refractivity contribution >= 4 is 0 Å². The molecule has 0 aromatic carbocycles. The standard InChI is InChI=1S/C8H15/c1-5-8(4)6-7(2)3/h5,7H,2,6H2,1,3-4H3. The van der Waals surface area contributed by atoms with Gasteiger partial charge in [-0.2, -0.15) is 0 Å². The zero-order valence-electron chi connectivity index (χ0n) is 6.07. The van der Waals surface area contributed by atoms with Crippen LogP contribution in [-0.2, 0) is 0 Å². The van der Waals surface area contributed by atoms with E-state index in [4.69, 9.17) is 0 Å². The SMILES string of the molecule is [CH2]C(C)CC(C)=CC. The maximum atomic E-state index is 3.89. The number of rotatable bonds is 2. The Morgan fingerprint density at radius 3 is 2.38 bits per heavy atom. The molecule has 0 N–H and O–H groups in total. The first-order valence-corrected chi connectivity index (χ1v) is 3.11. The predicted octanol–water partition coefficient (Wildman–Crippen LogP) is 2.81. The second-order valence-electron chi connectivity index (χ2n) is 2.44. The van der Waals surface area contributed by atoms with Crippen LogP contribution in [0.5, 0.6) is 0 Å². The number of hydrogen-bond acceptors (Lipinski definition) is 0. The Labute approximate surface area is 52.6 Å². The molecule has 1 unspecified atom stereocenters. The van der Waals surface area contributed by atoms with Gasteiger partial charge < -0.3 is 0 Å². The zero-order valence-corrected chi connectivity index (χ0v) is 6.07. The molecule has 47 valence electrons. The van der Waals surface area contributed by atoms with Gasteiger partial charge >= 0.3 is 0 Å². The minimum Gasteiger partial charge on any atom is -0.0887 e. The van der Waals surface area contributed by atoms with E-state index in [0.29, 0.717) is 5.92 Å². The molecular formula is C8H15. The molecule has 0 saturated heterocycles. The first-order valence-electron chi connectivity index (χ1n) is 3.11. The molecule has 0 bridgehead atoms. The van der Waals surface area contributed by atoms with Crippen LogP contribution in [0.1, 0.15) is 27.2 Å². The minimum absolute atomic E-state index is 0.561. The van der Waals surface area contributed by atoms with E-state index in [-0.39, 0.29) is 0 Å². The molecule has 0 aliphatic carbocycles. The highest BCUT2D eigenvalue weighted by atomic mass is 14.0. The summed E-state index contributed by atoms with van der Waals surface area (Å²) in [5.74, 6) is 0.561. The van der Waals surface area contributed by atoms with Gasteiger partial charge in [-0.15, -0.1) is 0 Å². The highest BCUT2D eigenvalue weighted by Crippen LogP contribution is 2.07. The molecule has 1 atom stereocenters. The average molecular weight is 111 g/mol. The zero-order chi connectivity index (χ0) is 6.57. The first kappa shape index (κ1) is 7.74. The van der Waals surface area contributed by atoms with E-state index in [2.05, 4.69) is 33.8 Å². The Kier molecular flexibility index (Phi) is 3.59. The number of allylic oxidation sites excluding steroid dienone is 2. The molecule has 0 amide bonds. The fourth-order valence-electron chi connectivity index (χ4n) is 0.667. The first-order chi connectivity index (χ1) is 3.66. The highest BCUT2D eigenvalue weighted by Gasteiger charge is 1.92. The van der Waals surface area contributed by atoms with Crippen molar-refractivity contribution in [2.45, 2.75) is 27.2 Å². The Balaban J connectivity index is 3.39. The molecule has 1 radical (unpaired) electrons. The van der Waals surface area contributed by atoms with Gasteiger partial charge in [0.25, 0.3) is 0 Å². The highest BCUT2D eigenvalue weighted by molar-refractivity contribution is 4.96. The quantitative estimate of drug-likeness (QED) is 0.481. The molecule has 0 nitrogen and oxygen atoms in total. The Bertz CT molecular complexity index is 78.0. The van der Waals surface area contributed by atoms with Crippen molar-refractivity contribution in [1.82, 2.24) is 0 Å². The van der Waals surface area contributed by atoms with Gasteiger partial charge in [0.15, 0.2) is 0 Å². The summed E-state index contributed by atoms with van der Waals surface area (Å²) in [7, 11) is 0. The van der Waals surface area contributed by atoms with Crippen LogP contribution in [0.25, 0.3) is 0 Å². The molecule has 0 heterocycles. The van der Waals surface area contributed by atoms with E-state index in [1.165, 1.54) is 5.57 Å². The van der Waals surface area contributed by atoms with Gasteiger partial charge in [0.2, 0.25) is 0 Å². The van der Waals surface area contributed by atoms with Crippen molar-refractivity contribution in [1.29, 1.82) is 0 Å². The van der Waals surface area contributed by atoms with E-state index in [0.717, 1.165) is 6.42 Å². The molecule has 0 saturated carbocycles. The van der Waals surface area contributed by atoms with Crippen LogP contribution in [0.2, 0.25) is 0 Å². The normalized spacial score (nSPS) is 12.9. The monoisotopic (exact) mass is 111 g/mol. The van der Waals surface area contributed by atoms with Crippen molar-refractivity contribution < 1.29 is 0 Å². The van der Waals surface area contributed by atoms with Crippen molar-refractivity contribution in [3.8, 4) is 0 Å². The second-order valence-corrected chi connectivity index (χ2v) is 2.44. The largest absolute Gasteiger partial charge is 0.0887 e. The summed E-state index contributed by atoms with van der Waals surface area (Å²) in [6, 6.07) is 0. The number of hydrogen-bond donors (Lipinski definition) is 0. The lowest BCUT2D eigenvalue weighted by atomic mass is 10.0. The molecular weight excluding hydrogens is 96.1 g/mol. The maximum Gasteiger partial charge on any atom is -0.0297 e. The van der Waals surface area contributed by atoms with Gasteiger partial charge in [-0.1, -0.05) is 25.5 Å². The van der Waals surface area contributed by atoms with Crippen LogP contribution in [0.15, 0.2) is 11.6 Å². The van der Waals surface area contributed by atoms with Crippen molar-refractivity contribution in [2.75, 3.05) is 0 Å². The third-order valence-corrected chi connectivity index (χ3v) is 1.16. The Hall–Kier alpha value is -0.260. The fourth-order valence-corrected chi connectivity index (χ4v) is 0.667.